The fourth-order valence-electron chi connectivity index (χ4n) is 11.9. The van der Waals surface area contributed by atoms with Crippen molar-refractivity contribution in [3.63, 3.8) is 0 Å². The SMILES string of the molecule is c1ccc(N(c2ccc(-c3ccc4c(c3)c3ccccc3n4-c3ccc4c5ccccc5c5ccccc5c4c3)cc2)c2ccc3c(c2)C(c2ccccc2)(c2ccccc2)c2ccccc2-3)cc1. The Morgan fingerprint density at radius 3 is 1.45 bits per heavy atom. The maximum absolute atomic E-state index is 2.44. The molecule has 0 spiro atoms. The molecule has 0 atom stereocenters. The first-order chi connectivity index (χ1) is 34.2. The van der Waals surface area contributed by atoms with Gasteiger partial charge in [0, 0.05) is 33.5 Å². The van der Waals surface area contributed by atoms with Gasteiger partial charge in [-0.2, -0.15) is 0 Å². The Morgan fingerprint density at radius 2 is 0.768 bits per heavy atom. The third-order valence-electron chi connectivity index (χ3n) is 14.8. The lowest BCUT2D eigenvalue weighted by Gasteiger charge is -2.35. The Bertz CT molecular complexity index is 4040. The number of para-hydroxylation sites is 2. The first-order valence-corrected chi connectivity index (χ1v) is 23.9. The summed E-state index contributed by atoms with van der Waals surface area (Å²) in [6.45, 7) is 0. The van der Waals surface area contributed by atoms with Gasteiger partial charge in [0.1, 0.15) is 0 Å². The average molecular weight is 877 g/mol. The van der Waals surface area contributed by atoms with E-state index in [0.29, 0.717) is 0 Å². The zero-order valence-corrected chi connectivity index (χ0v) is 37.8. The normalized spacial score (nSPS) is 12.8. The van der Waals surface area contributed by atoms with E-state index in [0.717, 1.165) is 22.7 Å². The van der Waals surface area contributed by atoms with E-state index in [4.69, 9.17) is 0 Å². The molecule has 0 N–H and O–H groups in total. The first kappa shape index (κ1) is 39.2. The minimum absolute atomic E-state index is 0.490. The fraction of sp³-hybridized carbons (Fsp3) is 0.0149. The van der Waals surface area contributed by atoms with Crippen LogP contribution in [-0.4, -0.2) is 4.57 Å². The molecule has 2 heteroatoms. The average Bonchev–Trinajstić information content (AvgIpc) is 3.92. The van der Waals surface area contributed by atoms with E-state index < -0.39 is 5.41 Å². The predicted octanol–water partition coefficient (Wildman–Crippen LogP) is 17.7. The second-order valence-electron chi connectivity index (χ2n) is 18.4. The molecule has 0 aliphatic heterocycles. The largest absolute Gasteiger partial charge is 0.310 e. The molecule has 0 bridgehead atoms. The van der Waals surface area contributed by atoms with Gasteiger partial charge in [-0.25, -0.2) is 0 Å². The number of fused-ring (bicyclic) bond motifs is 12. The number of aromatic nitrogens is 1. The maximum atomic E-state index is 2.44. The molecule has 0 saturated carbocycles. The maximum Gasteiger partial charge on any atom is 0.0714 e. The van der Waals surface area contributed by atoms with Gasteiger partial charge in [0.05, 0.1) is 16.4 Å². The van der Waals surface area contributed by atoms with Crippen LogP contribution >= 0.6 is 0 Å². The van der Waals surface area contributed by atoms with Crippen molar-refractivity contribution in [1.29, 1.82) is 0 Å². The van der Waals surface area contributed by atoms with Gasteiger partial charge in [0.25, 0.3) is 0 Å². The fourth-order valence-corrected chi connectivity index (χ4v) is 11.9. The first-order valence-electron chi connectivity index (χ1n) is 23.9. The van der Waals surface area contributed by atoms with Gasteiger partial charge in [-0.1, -0.05) is 200 Å². The molecule has 1 aliphatic rings. The van der Waals surface area contributed by atoms with Crippen LogP contribution in [0.4, 0.5) is 17.1 Å². The highest BCUT2D eigenvalue weighted by atomic mass is 15.1. The molecule has 322 valence electrons. The Kier molecular flexibility index (Phi) is 8.84. The van der Waals surface area contributed by atoms with Gasteiger partial charge < -0.3 is 9.47 Å². The number of rotatable bonds is 7. The van der Waals surface area contributed by atoms with Crippen molar-refractivity contribution in [1.82, 2.24) is 4.57 Å². The van der Waals surface area contributed by atoms with Crippen LogP contribution in [0.5, 0.6) is 0 Å². The summed E-state index contributed by atoms with van der Waals surface area (Å²) in [5.41, 5.74) is 16.4. The molecular formula is C67H44N2. The van der Waals surface area contributed by atoms with Crippen molar-refractivity contribution in [3.8, 4) is 27.9 Å². The van der Waals surface area contributed by atoms with E-state index in [-0.39, 0.29) is 0 Å². The summed E-state index contributed by atoms with van der Waals surface area (Å²) in [6, 6.07) is 98.5. The van der Waals surface area contributed by atoms with E-state index in [9.17, 15) is 0 Å². The van der Waals surface area contributed by atoms with Crippen LogP contribution in [0.1, 0.15) is 22.3 Å². The molecular weight excluding hydrogens is 833 g/mol. The Labute approximate surface area is 401 Å². The summed E-state index contributed by atoms with van der Waals surface area (Å²) in [5, 5.41) is 10.2. The van der Waals surface area contributed by atoms with E-state index in [1.54, 1.807) is 0 Å². The standard InChI is InChI=1S/C67H44N2/c1-4-18-47(19-5-1)67(48-20-6-2-7-21-48)63-30-16-14-28-58(63)59-40-38-52(44-64(59)67)68(49-22-8-3-9-23-49)50-35-32-45(33-36-50)46-34-41-66-62(42-46)60-29-15-17-31-65(60)69(66)51-37-39-57-55-26-11-10-24-53(55)54-25-12-13-27-56(54)61(57)43-51/h1-44H. The quantitative estimate of drug-likeness (QED) is 0.145. The number of benzene rings is 12. The van der Waals surface area contributed by atoms with Crippen molar-refractivity contribution in [2.75, 3.05) is 4.90 Å². The predicted molar refractivity (Wildman–Crippen MR) is 291 cm³/mol. The zero-order valence-electron chi connectivity index (χ0n) is 37.8. The van der Waals surface area contributed by atoms with Crippen LogP contribution < -0.4 is 4.90 Å². The number of hydrogen-bond acceptors (Lipinski definition) is 1. The lowest BCUT2D eigenvalue weighted by atomic mass is 9.67. The number of nitrogens with zero attached hydrogens (tertiary/aromatic N) is 2. The van der Waals surface area contributed by atoms with Crippen LogP contribution in [0.25, 0.3) is 82.1 Å². The summed E-state index contributed by atoms with van der Waals surface area (Å²) in [5.74, 6) is 0. The third kappa shape index (κ3) is 5.92. The molecule has 0 unspecified atom stereocenters. The minimum Gasteiger partial charge on any atom is -0.310 e. The molecule has 12 aromatic carbocycles. The molecule has 1 aromatic heterocycles. The molecule has 0 radical (unpaired) electrons. The van der Waals surface area contributed by atoms with Crippen molar-refractivity contribution in [2.24, 2.45) is 0 Å². The van der Waals surface area contributed by atoms with Gasteiger partial charge in [-0.3, -0.25) is 0 Å². The van der Waals surface area contributed by atoms with E-state index >= 15 is 0 Å². The number of anilines is 3. The van der Waals surface area contributed by atoms with Crippen molar-refractivity contribution >= 4 is 71.2 Å². The van der Waals surface area contributed by atoms with E-state index in [1.807, 2.05) is 0 Å². The molecule has 0 saturated heterocycles. The van der Waals surface area contributed by atoms with Crippen LogP contribution in [-0.2, 0) is 5.41 Å². The third-order valence-corrected chi connectivity index (χ3v) is 14.8. The van der Waals surface area contributed by atoms with Crippen molar-refractivity contribution < 1.29 is 0 Å². The van der Waals surface area contributed by atoms with Crippen molar-refractivity contribution in [2.45, 2.75) is 5.41 Å². The Hall–Kier alpha value is -8.98. The van der Waals surface area contributed by atoms with Gasteiger partial charge in [-0.05, 0) is 144 Å². The van der Waals surface area contributed by atoms with Crippen LogP contribution in [0.3, 0.4) is 0 Å². The summed E-state index contributed by atoms with van der Waals surface area (Å²) < 4.78 is 2.44. The number of hydrogen-bond donors (Lipinski definition) is 0. The van der Waals surface area contributed by atoms with Gasteiger partial charge in [0.15, 0.2) is 0 Å². The van der Waals surface area contributed by atoms with E-state index in [2.05, 4.69) is 276 Å². The second-order valence-corrected chi connectivity index (χ2v) is 18.4. The minimum atomic E-state index is -0.490. The molecule has 1 aliphatic carbocycles. The summed E-state index contributed by atoms with van der Waals surface area (Å²) in [4.78, 5) is 2.40. The smallest absolute Gasteiger partial charge is 0.0714 e. The zero-order chi connectivity index (χ0) is 45.5. The summed E-state index contributed by atoms with van der Waals surface area (Å²) >= 11 is 0. The Balaban J connectivity index is 0.887. The van der Waals surface area contributed by atoms with Crippen LogP contribution in [0.15, 0.2) is 267 Å². The molecule has 0 fully saturated rings. The highest BCUT2D eigenvalue weighted by Crippen LogP contribution is 2.57. The van der Waals surface area contributed by atoms with Gasteiger partial charge in [0.2, 0.25) is 0 Å². The molecule has 0 amide bonds. The molecule has 13 aromatic rings. The lowest BCUT2D eigenvalue weighted by Crippen LogP contribution is -2.28. The van der Waals surface area contributed by atoms with Crippen molar-refractivity contribution in [3.05, 3.63) is 289 Å². The lowest BCUT2D eigenvalue weighted by molar-refractivity contribution is 0.768. The summed E-state index contributed by atoms with van der Waals surface area (Å²) in [7, 11) is 0. The van der Waals surface area contributed by atoms with Gasteiger partial charge in [-0.15, -0.1) is 0 Å². The molecule has 14 rings (SSSR count). The molecule has 69 heavy (non-hydrogen) atoms. The second kappa shape index (κ2) is 15.6. The molecule has 2 nitrogen and oxygen atoms in total. The van der Waals surface area contributed by atoms with Crippen LogP contribution in [0.2, 0.25) is 0 Å². The highest BCUT2D eigenvalue weighted by molar-refractivity contribution is 6.25. The Morgan fingerprint density at radius 1 is 0.275 bits per heavy atom. The molecule has 1 heterocycles. The van der Waals surface area contributed by atoms with Crippen LogP contribution in [0, 0.1) is 0 Å². The monoisotopic (exact) mass is 876 g/mol. The van der Waals surface area contributed by atoms with Gasteiger partial charge >= 0.3 is 0 Å². The summed E-state index contributed by atoms with van der Waals surface area (Å²) in [6.07, 6.45) is 0. The van der Waals surface area contributed by atoms with E-state index in [1.165, 1.54) is 98.6 Å². The topological polar surface area (TPSA) is 8.17 Å². The highest BCUT2D eigenvalue weighted by Gasteiger charge is 2.46.